The number of benzene rings is 2. The third kappa shape index (κ3) is 5.38. The third-order valence-corrected chi connectivity index (χ3v) is 8.07. The van der Waals surface area contributed by atoms with Gasteiger partial charge in [0, 0.05) is 37.1 Å². The second-order valence-electron chi connectivity index (χ2n) is 7.83. The number of carbonyl (C=O) groups excluding carboxylic acids is 1. The number of hydrogen-bond acceptors (Lipinski definition) is 6. The van der Waals surface area contributed by atoms with Crippen LogP contribution in [0.4, 0.5) is 0 Å². The lowest BCUT2D eigenvalue weighted by molar-refractivity contribution is -0.126. The monoisotopic (exact) mass is 508 g/mol. The fourth-order valence-corrected chi connectivity index (χ4v) is 5.86. The Morgan fingerprint density at radius 1 is 1.21 bits per heavy atom. The summed E-state index contributed by atoms with van der Waals surface area (Å²) in [4.78, 5) is 16.8. The first-order valence-corrected chi connectivity index (χ1v) is 12.6. The number of piperidine rings is 1. The highest BCUT2D eigenvalue weighted by molar-refractivity contribution is 7.89. The van der Waals surface area contributed by atoms with E-state index in [0.717, 1.165) is 5.56 Å². The van der Waals surface area contributed by atoms with Crippen molar-refractivity contribution in [3.05, 3.63) is 64.0 Å². The molecule has 174 valence electrons. The van der Waals surface area contributed by atoms with Crippen molar-refractivity contribution >= 4 is 39.1 Å². The maximum Gasteiger partial charge on any atom is 0.244 e. The van der Waals surface area contributed by atoms with E-state index >= 15 is 0 Å². The number of nitrogens with zero attached hydrogens (tertiary/aromatic N) is 3. The van der Waals surface area contributed by atoms with Crippen LogP contribution in [0.5, 0.6) is 0 Å². The van der Waals surface area contributed by atoms with Crippen LogP contribution in [0.25, 0.3) is 11.4 Å². The van der Waals surface area contributed by atoms with E-state index in [2.05, 4.69) is 15.5 Å². The Kier molecular flexibility index (Phi) is 7.04. The predicted molar refractivity (Wildman–Crippen MR) is 124 cm³/mol. The summed E-state index contributed by atoms with van der Waals surface area (Å²) in [5, 5.41) is 7.44. The van der Waals surface area contributed by atoms with Crippen molar-refractivity contribution in [2.24, 2.45) is 5.92 Å². The van der Waals surface area contributed by atoms with Gasteiger partial charge in [0.15, 0.2) is 0 Å². The van der Waals surface area contributed by atoms with Crippen molar-refractivity contribution in [3.63, 3.8) is 0 Å². The average molecular weight is 509 g/mol. The number of rotatable bonds is 6. The molecule has 1 N–H and O–H groups in total. The van der Waals surface area contributed by atoms with Crippen molar-refractivity contribution in [1.29, 1.82) is 0 Å². The Hall–Kier alpha value is -2.46. The van der Waals surface area contributed by atoms with Gasteiger partial charge in [-0.2, -0.15) is 9.29 Å². The van der Waals surface area contributed by atoms with Crippen molar-refractivity contribution in [2.75, 3.05) is 13.1 Å². The molecule has 0 saturated carbocycles. The summed E-state index contributed by atoms with van der Waals surface area (Å²) >= 11 is 12.2. The molecule has 2 aromatic carbocycles. The molecule has 1 aliphatic heterocycles. The summed E-state index contributed by atoms with van der Waals surface area (Å²) in [6.07, 6.45) is 1.17. The zero-order valence-corrected chi connectivity index (χ0v) is 20.1. The smallest absolute Gasteiger partial charge is 0.244 e. The number of aryl methyl sites for hydroxylation is 1. The van der Waals surface area contributed by atoms with Crippen LogP contribution < -0.4 is 5.32 Å². The van der Waals surface area contributed by atoms with Crippen LogP contribution in [0.3, 0.4) is 0 Å². The lowest BCUT2D eigenvalue weighted by atomic mass is 9.99. The van der Waals surface area contributed by atoms with Gasteiger partial charge in [0.25, 0.3) is 0 Å². The molecule has 1 atom stereocenters. The zero-order chi connectivity index (χ0) is 23.6. The minimum atomic E-state index is -3.93. The van der Waals surface area contributed by atoms with Crippen molar-refractivity contribution in [1.82, 2.24) is 19.8 Å². The first-order chi connectivity index (χ1) is 15.7. The van der Waals surface area contributed by atoms with E-state index in [1.54, 1.807) is 25.1 Å². The molecule has 33 heavy (non-hydrogen) atoms. The van der Waals surface area contributed by atoms with Crippen molar-refractivity contribution in [3.8, 4) is 11.4 Å². The second kappa shape index (κ2) is 9.80. The Balaban J connectivity index is 1.49. The minimum absolute atomic E-state index is 0.0497. The van der Waals surface area contributed by atoms with Crippen LogP contribution in [0.15, 0.2) is 51.9 Å². The van der Waals surface area contributed by atoms with Gasteiger partial charge in [-0.15, -0.1) is 0 Å². The van der Waals surface area contributed by atoms with Gasteiger partial charge in [0.05, 0.1) is 10.9 Å². The molecule has 1 unspecified atom stereocenters. The number of nitrogens with one attached hydrogen (secondary N) is 1. The molecule has 11 heteroatoms. The number of hydrogen-bond donors (Lipinski definition) is 1. The Bertz CT molecular complexity index is 1260. The lowest BCUT2D eigenvalue weighted by Crippen LogP contribution is -2.45. The van der Waals surface area contributed by atoms with E-state index < -0.39 is 15.9 Å². The third-order valence-electron chi connectivity index (χ3n) is 5.47. The van der Waals surface area contributed by atoms with Gasteiger partial charge >= 0.3 is 0 Å². The van der Waals surface area contributed by atoms with Crippen LogP contribution in [-0.2, 0) is 21.4 Å². The molecule has 1 amide bonds. The fourth-order valence-electron chi connectivity index (χ4n) is 3.71. The van der Waals surface area contributed by atoms with Gasteiger partial charge in [-0.3, -0.25) is 4.79 Å². The topological polar surface area (TPSA) is 105 Å². The number of halogens is 2. The molecule has 2 heterocycles. The summed E-state index contributed by atoms with van der Waals surface area (Å²) in [6, 6.07) is 11.7. The molecule has 1 fully saturated rings. The van der Waals surface area contributed by atoms with E-state index in [1.165, 1.54) is 16.4 Å². The van der Waals surface area contributed by atoms with Gasteiger partial charge in [-0.1, -0.05) is 40.5 Å². The zero-order valence-electron chi connectivity index (χ0n) is 17.8. The summed E-state index contributed by atoms with van der Waals surface area (Å²) in [5.74, 6) is 0.00108. The number of aromatic nitrogens is 2. The molecule has 0 radical (unpaired) electrons. The van der Waals surface area contributed by atoms with Crippen LogP contribution in [-0.4, -0.2) is 41.9 Å². The molecule has 4 rings (SSSR count). The molecule has 0 spiro atoms. The van der Waals surface area contributed by atoms with E-state index in [9.17, 15) is 13.2 Å². The average Bonchev–Trinajstić information content (AvgIpc) is 3.25. The van der Waals surface area contributed by atoms with Gasteiger partial charge in [0.2, 0.25) is 27.6 Å². The summed E-state index contributed by atoms with van der Waals surface area (Å²) in [5.41, 5.74) is 1.39. The van der Waals surface area contributed by atoms with E-state index in [1.807, 2.05) is 12.1 Å². The lowest BCUT2D eigenvalue weighted by Gasteiger charge is -2.31. The maximum absolute atomic E-state index is 13.4. The molecular weight excluding hydrogens is 487 g/mol. The second-order valence-corrected chi connectivity index (χ2v) is 10.6. The van der Waals surface area contributed by atoms with E-state index in [4.69, 9.17) is 27.7 Å². The van der Waals surface area contributed by atoms with Crippen molar-refractivity contribution < 1.29 is 17.7 Å². The van der Waals surface area contributed by atoms with Crippen LogP contribution in [0.2, 0.25) is 10.0 Å². The normalized spacial score (nSPS) is 17.1. The first kappa shape index (κ1) is 23.7. The van der Waals surface area contributed by atoms with Gasteiger partial charge < -0.3 is 9.84 Å². The molecular formula is C22H22Cl2N4O4S. The maximum atomic E-state index is 13.4. The molecule has 8 nitrogen and oxygen atoms in total. The first-order valence-electron chi connectivity index (χ1n) is 10.4. The Morgan fingerprint density at radius 2 is 1.97 bits per heavy atom. The number of carbonyl (C=O) groups is 1. The fraction of sp³-hybridized carbons (Fsp3) is 0.318. The highest BCUT2D eigenvalue weighted by Crippen LogP contribution is 2.31. The minimum Gasteiger partial charge on any atom is -0.352 e. The molecule has 1 aromatic heterocycles. The van der Waals surface area contributed by atoms with Gasteiger partial charge in [-0.05, 0) is 48.7 Å². The molecule has 0 aliphatic carbocycles. The van der Waals surface area contributed by atoms with Crippen LogP contribution in [0.1, 0.15) is 24.3 Å². The molecule has 1 aliphatic rings. The predicted octanol–water partition coefficient (Wildman–Crippen LogP) is 4.07. The van der Waals surface area contributed by atoms with E-state index in [-0.39, 0.29) is 28.2 Å². The standard InChI is InChI=1S/C22H22Cl2N4O4S/c1-14-26-21(27-32-14)16-6-9-19(24)20(11-16)33(30,31)28-10-2-3-17(13-28)22(29)25-12-15-4-7-18(23)8-5-15/h4-9,11,17H,2-3,10,12-13H2,1H3,(H,25,29). The van der Waals surface area contributed by atoms with Crippen molar-refractivity contribution in [2.45, 2.75) is 31.2 Å². The Labute approximate surface area is 201 Å². The van der Waals surface area contributed by atoms with Crippen LogP contribution >= 0.6 is 23.2 Å². The highest BCUT2D eigenvalue weighted by Gasteiger charge is 2.34. The molecule has 3 aromatic rings. The summed E-state index contributed by atoms with van der Waals surface area (Å²) in [7, 11) is -3.93. The summed E-state index contributed by atoms with van der Waals surface area (Å²) < 4.78 is 33.1. The van der Waals surface area contributed by atoms with Gasteiger partial charge in [0.1, 0.15) is 4.90 Å². The SMILES string of the molecule is Cc1nc(-c2ccc(Cl)c(S(=O)(=O)N3CCCC(C(=O)NCc4ccc(Cl)cc4)C3)c2)no1. The molecule has 1 saturated heterocycles. The Morgan fingerprint density at radius 3 is 2.67 bits per heavy atom. The van der Waals surface area contributed by atoms with Crippen LogP contribution in [0, 0.1) is 12.8 Å². The van der Waals surface area contributed by atoms with E-state index in [0.29, 0.717) is 42.4 Å². The number of sulfonamides is 1. The quantitative estimate of drug-likeness (QED) is 0.537. The largest absolute Gasteiger partial charge is 0.352 e. The summed E-state index contributed by atoms with van der Waals surface area (Å²) in [6.45, 7) is 2.38. The number of amides is 1. The molecule has 0 bridgehead atoms. The van der Waals surface area contributed by atoms with Gasteiger partial charge in [-0.25, -0.2) is 8.42 Å². The highest BCUT2D eigenvalue weighted by atomic mass is 35.5.